The van der Waals surface area contributed by atoms with Gasteiger partial charge in [0.2, 0.25) is 5.91 Å². The van der Waals surface area contributed by atoms with E-state index < -0.39 is 0 Å². The Kier molecular flexibility index (Phi) is 3.81. The Labute approximate surface area is 129 Å². The lowest BCUT2D eigenvalue weighted by molar-refractivity contribution is -0.128. The van der Waals surface area contributed by atoms with Crippen molar-refractivity contribution in [2.75, 3.05) is 6.54 Å². The SMILES string of the molecule is O=C(C=C(C1CC1)C1CC1)N1CCC[C@H]1C1CCCCC1. The Morgan fingerprint density at radius 2 is 1.48 bits per heavy atom. The average molecular weight is 287 g/mol. The van der Waals surface area contributed by atoms with E-state index >= 15 is 0 Å². The maximum absolute atomic E-state index is 12.8. The van der Waals surface area contributed by atoms with Gasteiger partial charge in [0.05, 0.1) is 0 Å². The van der Waals surface area contributed by atoms with E-state index in [-0.39, 0.29) is 0 Å². The highest BCUT2D eigenvalue weighted by atomic mass is 16.2. The molecule has 1 aliphatic heterocycles. The Morgan fingerprint density at radius 1 is 0.810 bits per heavy atom. The van der Waals surface area contributed by atoms with Gasteiger partial charge in [-0.25, -0.2) is 0 Å². The van der Waals surface area contributed by atoms with Gasteiger partial charge in [0, 0.05) is 18.7 Å². The first kappa shape index (κ1) is 13.8. The summed E-state index contributed by atoms with van der Waals surface area (Å²) >= 11 is 0. The predicted molar refractivity (Wildman–Crippen MR) is 84.8 cm³/mol. The highest BCUT2D eigenvalue weighted by molar-refractivity contribution is 5.89. The second kappa shape index (κ2) is 5.78. The van der Waals surface area contributed by atoms with E-state index in [2.05, 4.69) is 11.0 Å². The Morgan fingerprint density at radius 3 is 2.10 bits per heavy atom. The van der Waals surface area contributed by atoms with Crippen LogP contribution in [0.1, 0.15) is 70.6 Å². The average Bonchev–Trinajstić information content (AvgIpc) is 3.44. The Balaban J connectivity index is 1.45. The number of rotatable bonds is 4. The van der Waals surface area contributed by atoms with Crippen LogP contribution in [0.25, 0.3) is 0 Å². The number of allylic oxidation sites excluding steroid dienone is 1. The first-order valence-electron chi connectivity index (χ1n) is 9.35. The van der Waals surface area contributed by atoms with E-state index in [1.165, 1.54) is 76.2 Å². The van der Waals surface area contributed by atoms with E-state index in [0.29, 0.717) is 11.9 Å². The zero-order chi connectivity index (χ0) is 14.2. The molecule has 1 heterocycles. The van der Waals surface area contributed by atoms with E-state index in [1.807, 2.05) is 0 Å². The summed E-state index contributed by atoms with van der Waals surface area (Å²) < 4.78 is 0. The molecule has 0 unspecified atom stereocenters. The van der Waals surface area contributed by atoms with Gasteiger partial charge in [0.15, 0.2) is 0 Å². The summed E-state index contributed by atoms with van der Waals surface area (Å²) in [6.45, 7) is 1.01. The molecule has 1 amide bonds. The highest BCUT2D eigenvalue weighted by Crippen LogP contribution is 2.49. The molecule has 4 fully saturated rings. The molecule has 0 radical (unpaired) electrons. The van der Waals surface area contributed by atoms with Crippen LogP contribution >= 0.6 is 0 Å². The van der Waals surface area contributed by atoms with Gasteiger partial charge in [-0.05, 0) is 69.1 Å². The fraction of sp³-hybridized carbons (Fsp3) is 0.842. The molecule has 0 N–H and O–H groups in total. The molecular formula is C19H29NO. The number of likely N-dealkylation sites (tertiary alicyclic amines) is 1. The second-order valence-electron chi connectivity index (χ2n) is 7.83. The minimum absolute atomic E-state index is 0.358. The number of carbonyl (C=O) groups excluding carboxylic acids is 1. The van der Waals surface area contributed by atoms with Crippen molar-refractivity contribution in [1.29, 1.82) is 0 Å². The van der Waals surface area contributed by atoms with Crippen molar-refractivity contribution in [3.63, 3.8) is 0 Å². The van der Waals surface area contributed by atoms with Gasteiger partial charge in [0.1, 0.15) is 0 Å². The molecule has 1 atom stereocenters. The summed E-state index contributed by atoms with van der Waals surface area (Å²) in [6.07, 6.45) is 16.8. The molecule has 0 bridgehead atoms. The minimum Gasteiger partial charge on any atom is -0.336 e. The lowest BCUT2D eigenvalue weighted by atomic mass is 9.83. The molecule has 2 nitrogen and oxygen atoms in total. The fourth-order valence-electron chi connectivity index (χ4n) is 4.70. The summed E-state index contributed by atoms with van der Waals surface area (Å²) in [4.78, 5) is 15.1. The number of carbonyl (C=O) groups is 1. The minimum atomic E-state index is 0.358. The van der Waals surface area contributed by atoms with E-state index in [1.54, 1.807) is 0 Å². The number of amides is 1. The fourth-order valence-corrected chi connectivity index (χ4v) is 4.70. The van der Waals surface area contributed by atoms with E-state index in [0.717, 1.165) is 24.3 Å². The molecule has 0 spiro atoms. The number of hydrogen-bond acceptors (Lipinski definition) is 1. The monoisotopic (exact) mass is 287 g/mol. The Bertz CT molecular complexity index is 413. The maximum Gasteiger partial charge on any atom is 0.246 e. The van der Waals surface area contributed by atoms with Crippen molar-refractivity contribution in [2.24, 2.45) is 17.8 Å². The molecule has 0 aromatic heterocycles. The largest absolute Gasteiger partial charge is 0.336 e. The quantitative estimate of drug-likeness (QED) is 0.706. The van der Waals surface area contributed by atoms with Crippen LogP contribution in [0.3, 0.4) is 0 Å². The molecule has 0 aromatic rings. The topological polar surface area (TPSA) is 20.3 Å². The molecule has 3 aliphatic carbocycles. The molecule has 21 heavy (non-hydrogen) atoms. The van der Waals surface area contributed by atoms with Gasteiger partial charge in [-0.2, -0.15) is 0 Å². The second-order valence-corrected chi connectivity index (χ2v) is 7.83. The number of hydrogen-bond donors (Lipinski definition) is 0. The summed E-state index contributed by atoms with van der Waals surface area (Å²) in [7, 11) is 0. The van der Waals surface area contributed by atoms with Gasteiger partial charge in [-0.15, -0.1) is 0 Å². The lowest BCUT2D eigenvalue weighted by Gasteiger charge is -2.33. The lowest BCUT2D eigenvalue weighted by Crippen LogP contribution is -2.40. The third kappa shape index (κ3) is 3.05. The zero-order valence-electron chi connectivity index (χ0n) is 13.2. The van der Waals surface area contributed by atoms with Gasteiger partial charge in [-0.3, -0.25) is 4.79 Å². The molecular weight excluding hydrogens is 258 g/mol. The zero-order valence-corrected chi connectivity index (χ0v) is 13.2. The van der Waals surface area contributed by atoms with E-state index in [9.17, 15) is 4.79 Å². The van der Waals surface area contributed by atoms with Gasteiger partial charge in [0.25, 0.3) is 0 Å². The highest BCUT2D eigenvalue weighted by Gasteiger charge is 2.39. The first-order chi connectivity index (χ1) is 10.3. The molecule has 1 saturated heterocycles. The van der Waals surface area contributed by atoms with Crippen LogP contribution < -0.4 is 0 Å². The van der Waals surface area contributed by atoms with Crippen molar-refractivity contribution in [2.45, 2.75) is 76.7 Å². The number of nitrogens with zero attached hydrogens (tertiary/aromatic N) is 1. The first-order valence-corrected chi connectivity index (χ1v) is 9.35. The predicted octanol–water partition coefficient (Wildman–Crippen LogP) is 4.30. The standard InChI is InChI=1S/C19H29NO/c21-19(13-17(14-8-9-14)15-10-11-15)20-12-4-7-18(20)16-5-2-1-3-6-16/h13-16,18H,1-12H2/t18-/m0/s1. The van der Waals surface area contributed by atoms with Crippen LogP contribution in [0.15, 0.2) is 11.6 Å². The molecule has 116 valence electrons. The van der Waals surface area contributed by atoms with Crippen LogP contribution in [0.5, 0.6) is 0 Å². The van der Waals surface area contributed by atoms with Crippen molar-refractivity contribution in [3.8, 4) is 0 Å². The normalized spacial score (nSPS) is 30.5. The summed E-state index contributed by atoms with van der Waals surface area (Å²) in [5.74, 6) is 2.70. The third-order valence-electron chi connectivity index (χ3n) is 6.16. The maximum atomic E-state index is 12.8. The van der Waals surface area contributed by atoms with Crippen LogP contribution in [-0.2, 0) is 4.79 Å². The van der Waals surface area contributed by atoms with E-state index in [4.69, 9.17) is 0 Å². The van der Waals surface area contributed by atoms with Gasteiger partial charge >= 0.3 is 0 Å². The van der Waals surface area contributed by atoms with Crippen LogP contribution in [0.2, 0.25) is 0 Å². The van der Waals surface area contributed by atoms with Crippen LogP contribution in [0, 0.1) is 17.8 Å². The summed E-state index contributed by atoms with van der Waals surface area (Å²) in [6, 6.07) is 0.564. The van der Waals surface area contributed by atoms with Crippen molar-refractivity contribution in [1.82, 2.24) is 4.90 Å². The molecule has 4 rings (SSSR count). The molecule has 4 aliphatic rings. The Hall–Kier alpha value is -0.790. The molecule has 3 saturated carbocycles. The van der Waals surface area contributed by atoms with Crippen molar-refractivity contribution >= 4 is 5.91 Å². The van der Waals surface area contributed by atoms with Crippen molar-refractivity contribution < 1.29 is 4.79 Å². The van der Waals surface area contributed by atoms with Gasteiger partial charge < -0.3 is 4.90 Å². The van der Waals surface area contributed by atoms with Crippen molar-refractivity contribution in [3.05, 3.63) is 11.6 Å². The smallest absolute Gasteiger partial charge is 0.246 e. The van der Waals surface area contributed by atoms with Gasteiger partial charge in [-0.1, -0.05) is 24.8 Å². The summed E-state index contributed by atoms with van der Waals surface area (Å²) in [5, 5.41) is 0. The molecule has 0 aromatic carbocycles. The molecule has 2 heteroatoms. The van der Waals surface area contributed by atoms with Crippen LogP contribution in [0.4, 0.5) is 0 Å². The van der Waals surface area contributed by atoms with Crippen LogP contribution in [-0.4, -0.2) is 23.4 Å². The summed E-state index contributed by atoms with van der Waals surface area (Å²) in [5.41, 5.74) is 1.52. The third-order valence-corrected chi connectivity index (χ3v) is 6.16.